The van der Waals surface area contributed by atoms with E-state index in [9.17, 15) is 4.79 Å². The average molecular weight is 363 g/mol. The van der Waals surface area contributed by atoms with Gasteiger partial charge in [0, 0.05) is 30.5 Å². The summed E-state index contributed by atoms with van der Waals surface area (Å²) in [4.78, 5) is 20.6. The van der Waals surface area contributed by atoms with E-state index >= 15 is 0 Å². The number of amides is 1. The molecule has 0 unspecified atom stereocenters. The maximum absolute atomic E-state index is 12.1. The summed E-state index contributed by atoms with van der Waals surface area (Å²) in [5, 5.41) is 7.84. The number of ether oxygens (including phenoxy) is 1. The minimum atomic E-state index is -0.302. The first-order valence-electron chi connectivity index (χ1n) is 8.46. The van der Waals surface area contributed by atoms with E-state index in [1.165, 1.54) is 6.26 Å². The van der Waals surface area contributed by atoms with Crippen LogP contribution < -0.4 is 10.1 Å². The van der Waals surface area contributed by atoms with Gasteiger partial charge in [-0.2, -0.15) is 5.10 Å². The standard InChI is InChI=1S/C19H17N5O3/c25-19(21-9-11-24-10-3-8-22-24)15-12-27-17(23-15)13-26-16-6-1-4-14-5-2-7-20-18(14)16/h1-8,10,12H,9,11,13H2,(H,21,25). The second kappa shape index (κ2) is 7.69. The molecule has 0 aliphatic carbocycles. The Morgan fingerprint density at radius 2 is 2.11 bits per heavy atom. The summed E-state index contributed by atoms with van der Waals surface area (Å²) in [6.45, 7) is 1.14. The van der Waals surface area contributed by atoms with Crippen molar-refractivity contribution in [3.05, 3.63) is 72.8 Å². The zero-order valence-electron chi connectivity index (χ0n) is 14.4. The zero-order valence-corrected chi connectivity index (χ0v) is 14.4. The summed E-state index contributed by atoms with van der Waals surface area (Å²) < 4.78 is 12.8. The zero-order chi connectivity index (χ0) is 18.5. The Morgan fingerprint density at radius 3 is 3.00 bits per heavy atom. The molecule has 27 heavy (non-hydrogen) atoms. The monoisotopic (exact) mass is 363 g/mol. The molecule has 3 aromatic heterocycles. The first-order valence-corrected chi connectivity index (χ1v) is 8.46. The molecule has 1 amide bonds. The molecule has 0 spiro atoms. The number of nitrogens with zero attached hydrogens (tertiary/aromatic N) is 4. The average Bonchev–Trinajstić information content (AvgIpc) is 3.38. The van der Waals surface area contributed by atoms with E-state index in [2.05, 4.69) is 20.4 Å². The van der Waals surface area contributed by atoms with E-state index in [0.29, 0.717) is 24.7 Å². The van der Waals surface area contributed by atoms with Gasteiger partial charge < -0.3 is 14.5 Å². The largest absolute Gasteiger partial charge is 0.482 e. The number of para-hydroxylation sites is 1. The number of hydrogen-bond donors (Lipinski definition) is 1. The highest BCUT2D eigenvalue weighted by Crippen LogP contribution is 2.23. The summed E-state index contributed by atoms with van der Waals surface area (Å²) >= 11 is 0. The van der Waals surface area contributed by atoms with Crippen molar-refractivity contribution in [2.24, 2.45) is 0 Å². The van der Waals surface area contributed by atoms with Gasteiger partial charge in [0.05, 0.1) is 6.54 Å². The number of pyridine rings is 1. The third-order valence-corrected chi connectivity index (χ3v) is 3.92. The fourth-order valence-corrected chi connectivity index (χ4v) is 2.62. The SMILES string of the molecule is O=C(NCCn1cccn1)c1coc(COc2cccc3cccnc23)n1. The van der Waals surface area contributed by atoms with Crippen molar-refractivity contribution in [2.45, 2.75) is 13.2 Å². The minimum absolute atomic E-state index is 0.107. The highest BCUT2D eigenvalue weighted by Gasteiger charge is 2.13. The van der Waals surface area contributed by atoms with Gasteiger partial charge >= 0.3 is 0 Å². The summed E-state index contributed by atoms with van der Waals surface area (Å²) in [6, 6.07) is 11.4. The fourth-order valence-electron chi connectivity index (χ4n) is 2.62. The number of benzene rings is 1. The maximum Gasteiger partial charge on any atom is 0.273 e. The number of oxazole rings is 1. The lowest BCUT2D eigenvalue weighted by atomic mass is 10.2. The van der Waals surface area contributed by atoms with Crippen molar-refractivity contribution < 1.29 is 13.9 Å². The van der Waals surface area contributed by atoms with Crippen LogP contribution in [0.4, 0.5) is 0 Å². The third-order valence-electron chi connectivity index (χ3n) is 3.92. The van der Waals surface area contributed by atoms with Crippen molar-refractivity contribution in [3.8, 4) is 5.75 Å². The van der Waals surface area contributed by atoms with E-state index < -0.39 is 0 Å². The smallest absolute Gasteiger partial charge is 0.273 e. The van der Waals surface area contributed by atoms with Crippen LogP contribution in [0.3, 0.4) is 0 Å². The van der Waals surface area contributed by atoms with Gasteiger partial charge in [-0.3, -0.25) is 14.5 Å². The van der Waals surface area contributed by atoms with E-state index in [1.807, 2.05) is 42.6 Å². The normalized spacial score (nSPS) is 10.8. The minimum Gasteiger partial charge on any atom is -0.482 e. The number of carbonyl (C=O) groups excluding carboxylic acids is 1. The van der Waals surface area contributed by atoms with Crippen molar-refractivity contribution in [1.29, 1.82) is 0 Å². The number of hydrogen-bond acceptors (Lipinski definition) is 6. The van der Waals surface area contributed by atoms with Gasteiger partial charge in [0.2, 0.25) is 5.89 Å². The highest BCUT2D eigenvalue weighted by molar-refractivity contribution is 5.91. The molecule has 0 fully saturated rings. The predicted octanol–water partition coefficient (Wildman–Crippen LogP) is 2.43. The lowest BCUT2D eigenvalue weighted by Crippen LogP contribution is -2.27. The van der Waals surface area contributed by atoms with Crippen molar-refractivity contribution in [1.82, 2.24) is 25.1 Å². The van der Waals surface area contributed by atoms with E-state index in [0.717, 1.165) is 10.9 Å². The van der Waals surface area contributed by atoms with Crippen molar-refractivity contribution >= 4 is 16.8 Å². The molecule has 4 rings (SSSR count). The molecule has 0 bridgehead atoms. The quantitative estimate of drug-likeness (QED) is 0.542. The van der Waals surface area contributed by atoms with Gasteiger partial charge in [-0.15, -0.1) is 0 Å². The van der Waals surface area contributed by atoms with Crippen LogP contribution in [-0.4, -0.2) is 32.2 Å². The molecule has 136 valence electrons. The molecule has 0 aliphatic heterocycles. The van der Waals surface area contributed by atoms with Crippen LogP contribution in [0.1, 0.15) is 16.4 Å². The van der Waals surface area contributed by atoms with Crippen LogP contribution in [0, 0.1) is 0 Å². The number of rotatable bonds is 7. The highest BCUT2D eigenvalue weighted by atomic mass is 16.5. The third kappa shape index (κ3) is 3.95. The van der Waals surface area contributed by atoms with Crippen LogP contribution in [0.5, 0.6) is 5.75 Å². The van der Waals surface area contributed by atoms with Crippen LogP contribution in [-0.2, 0) is 13.2 Å². The second-order valence-corrected chi connectivity index (χ2v) is 5.77. The van der Waals surface area contributed by atoms with Crippen LogP contribution in [0.25, 0.3) is 10.9 Å². The fraction of sp³-hybridized carbons (Fsp3) is 0.158. The molecule has 8 nitrogen and oxygen atoms in total. The topological polar surface area (TPSA) is 95.1 Å². The Hall–Kier alpha value is -3.68. The molecule has 1 aromatic carbocycles. The second-order valence-electron chi connectivity index (χ2n) is 5.77. The summed E-state index contributed by atoms with van der Waals surface area (Å²) in [6.07, 6.45) is 6.56. The number of nitrogens with one attached hydrogen (secondary N) is 1. The Balaban J connectivity index is 1.34. The first-order chi connectivity index (χ1) is 13.3. The number of aromatic nitrogens is 4. The van der Waals surface area contributed by atoms with Crippen LogP contribution in [0.15, 0.2) is 65.7 Å². The van der Waals surface area contributed by atoms with Crippen LogP contribution >= 0.6 is 0 Å². The Bertz CT molecular complexity index is 1040. The maximum atomic E-state index is 12.1. The van der Waals surface area contributed by atoms with Gasteiger partial charge in [-0.1, -0.05) is 18.2 Å². The molecular formula is C19H17N5O3. The summed E-state index contributed by atoms with van der Waals surface area (Å²) in [7, 11) is 0. The molecule has 1 N–H and O–H groups in total. The van der Waals surface area contributed by atoms with Crippen LogP contribution in [0.2, 0.25) is 0 Å². The van der Waals surface area contributed by atoms with Crippen molar-refractivity contribution in [2.75, 3.05) is 6.54 Å². The van der Waals surface area contributed by atoms with Gasteiger partial charge in [-0.05, 0) is 18.2 Å². The molecule has 4 aromatic rings. The molecule has 8 heteroatoms. The van der Waals surface area contributed by atoms with Crippen molar-refractivity contribution in [3.63, 3.8) is 0 Å². The molecule has 0 atom stereocenters. The molecule has 0 saturated heterocycles. The molecule has 0 aliphatic rings. The van der Waals surface area contributed by atoms with Gasteiger partial charge in [0.1, 0.15) is 17.5 Å². The predicted molar refractivity (Wildman–Crippen MR) is 97.1 cm³/mol. The Kier molecular flexibility index (Phi) is 4.78. The molecule has 0 saturated carbocycles. The number of carbonyl (C=O) groups is 1. The number of fused-ring (bicyclic) bond motifs is 1. The lowest BCUT2D eigenvalue weighted by Gasteiger charge is -2.06. The van der Waals surface area contributed by atoms with E-state index in [1.54, 1.807) is 17.1 Å². The summed E-state index contributed by atoms with van der Waals surface area (Å²) in [5.74, 6) is 0.653. The molecule has 3 heterocycles. The Labute approximate surface area is 154 Å². The van der Waals surface area contributed by atoms with Gasteiger partial charge in [0.25, 0.3) is 5.91 Å². The summed E-state index contributed by atoms with van der Waals surface area (Å²) in [5.41, 5.74) is 0.980. The van der Waals surface area contributed by atoms with Gasteiger partial charge in [0.15, 0.2) is 12.3 Å². The molecular weight excluding hydrogens is 346 g/mol. The molecule has 0 radical (unpaired) electrons. The Morgan fingerprint density at radius 1 is 1.19 bits per heavy atom. The van der Waals surface area contributed by atoms with E-state index in [4.69, 9.17) is 9.15 Å². The van der Waals surface area contributed by atoms with Gasteiger partial charge in [-0.25, -0.2) is 4.98 Å². The van der Waals surface area contributed by atoms with E-state index in [-0.39, 0.29) is 18.2 Å². The lowest BCUT2D eigenvalue weighted by molar-refractivity contribution is 0.0947. The first kappa shape index (κ1) is 16.8.